The molecule has 1 aliphatic heterocycles. The Morgan fingerprint density at radius 3 is 2.71 bits per heavy atom. The summed E-state index contributed by atoms with van der Waals surface area (Å²) in [4.78, 5) is 33.9. The van der Waals surface area contributed by atoms with Gasteiger partial charge in [0.15, 0.2) is 5.78 Å². The number of carbonyl (C=O) groups is 3. The number of hydrogen-bond donors (Lipinski definition) is 1. The van der Waals surface area contributed by atoms with E-state index in [1.165, 1.54) is 0 Å². The van der Waals surface area contributed by atoms with Crippen molar-refractivity contribution in [3.05, 3.63) is 22.8 Å². The fraction of sp³-hybridized carbons (Fsp3) is 0.300. The summed E-state index contributed by atoms with van der Waals surface area (Å²) in [5.41, 5.74) is 1.55. The third-order valence-corrected chi connectivity index (χ3v) is 2.44. The number of hydrogen-bond acceptors (Lipinski definition) is 3. The number of ketones is 1. The first-order chi connectivity index (χ1) is 6.59. The van der Waals surface area contributed by atoms with Crippen LogP contribution in [0.3, 0.4) is 0 Å². The molecule has 1 heterocycles. The second kappa shape index (κ2) is 2.90. The summed E-state index contributed by atoms with van der Waals surface area (Å²) in [6.07, 6.45) is 2.05. The van der Waals surface area contributed by atoms with E-state index in [0.29, 0.717) is 17.6 Å². The Hall–Kier alpha value is -1.71. The zero-order valence-corrected chi connectivity index (χ0v) is 7.72. The van der Waals surface area contributed by atoms with Crippen molar-refractivity contribution >= 4 is 17.6 Å². The second-order valence-corrected chi connectivity index (χ2v) is 3.42. The van der Waals surface area contributed by atoms with Crippen LogP contribution < -0.4 is 5.32 Å². The maximum absolute atomic E-state index is 11.4. The number of rotatable bonds is 0. The highest BCUT2D eigenvalue weighted by molar-refractivity contribution is 6.19. The summed E-state index contributed by atoms with van der Waals surface area (Å²) in [7, 11) is 0. The van der Waals surface area contributed by atoms with Gasteiger partial charge in [-0.25, -0.2) is 0 Å². The monoisotopic (exact) mass is 191 g/mol. The van der Waals surface area contributed by atoms with Gasteiger partial charge in [-0.15, -0.1) is 0 Å². The smallest absolute Gasteiger partial charge is 0.258 e. The van der Waals surface area contributed by atoms with Gasteiger partial charge in [-0.2, -0.15) is 0 Å². The largest absolute Gasteiger partial charge is 0.294 e. The minimum absolute atomic E-state index is 0.0328. The van der Waals surface area contributed by atoms with Crippen LogP contribution in [0.1, 0.15) is 19.8 Å². The van der Waals surface area contributed by atoms with Crippen LogP contribution in [-0.2, 0) is 14.4 Å². The number of imide groups is 1. The number of nitrogens with one attached hydrogen (secondary N) is 1. The van der Waals surface area contributed by atoms with E-state index in [1.54, 1.807) is 13.0 Å². The molecule has 2 amide bonds. The van der Waals surface area contributed by atoms with E-state index in [9.17, 15) is 14.4 Å². The van der Waals surface area contributed by atoms with Crippen molar-refractivity contribution in [3.63, 3.8) is 0 Å². The molecule has 4 nitrogen and oxygen atoms in total. The molecule has 0 aromatic rings. The predicted octanol–water partition coefficient (Wildman–Crippen LogP) is 0.249. The third kappa shape index (κ3) is 1.19. The summed E-state index contributed by atoms with van der Waals surface area (Å²) in [5, 5.41) is 2.20. The highest BCUT2D eigenvalue weighted by Crippen LogP contribution is 2.27. The molecule has 0 fully saturated rings. The molecule has 0 bridgehead atoms. The van der Waals surface area contributed by atoms with Crippen molar-refractivity contribution in [2.24, 2.45) is 0 Å². The van der Waals surface area contributed by atoms with Crippen LogP contribution >= 0.6 is 0 Å². The van der Waals surface area contributed by atoms with E-state index in [0.717, 1.165) is 5.57 Å². The maximum atomic E-state index is 11.4. The number of carbonyl (C=O) groups excluding carboxylic acids is 3. The van der Waals surface area contributed by atoms with Crippen LogP contribution in [0.25, 0.3) is 0 Å². The van der Waals surface area contributed by atoms with Crippen molar-refractivity contribution in [2.75, 3.05) is 0 Å². The van der Waals surface area contributed by atoms with Gasteiger partial charge in [-0.1, -0.05) is 6.08 Å². The summed E-state index contributed by atoms with van der Waals surface area (Å²) >= 11 is 0. The fourth-order valence-corrected chi connectivity index (χ4v) is 1.75. The van der Waals surface area contributed by atoms with Crippen molar-refractivity contribution in [3.8, 4) is 0 Å². The predicted molar refractivity (Wildman–Crippen MR) is 48.2 cm³/mol. The molecule has 0 saturated carbocycles. The van der Waals surface area contributed by atoms with Gasteiger partial charge < -0.3 is 0 Å². The Morgan fingerprint density at radius 1 is 1.29 bits per heavy atom. The molecular weight excluding hydrogens is 182 g/mol. The van der Waals surface area contributed by atoms with Crippen molar-refractivity contribution in [1.29, 1.82) is 0 Å². The van der Waals surface area contributed by atoms with E-state index < -0.39 is 11.8 Å². The molecule has 0 saturated heterocycles. The summed E-state index contributed by atoms with van der Waals surface area (Å²) < 4.78 is 0. The first-order valence-electron chi connectivity index (χ1n) is 4.37. The van der Waals surface area contributed by atoms with Gasteiger partial charge in [-0.05, 0) is 12.5 Å². The quantitative estimate of drug-likeness (QED) is 0.558. The Morgan fingerprint density at radius 2 is 2.00 bits per heavy atom. The topological polar surface area (TPSA) is 63.2 Å². The van der Waals surface area contributed by atoms with Crippen LogP contribution in [0.4, 0.5) is 0 Å². The fourth-order valence-electron chi connectivity index (χ4n) is 1.75. The highest BCUT2D eigenvalue weighted by atomic mass is 16.2. The van der Waals surface area contributed by atoms with Gasteiger partial charge in [0.25, 0.3) is 5.91 Å². The van der Waals surface area contributed by atoms with Crippen LogP contribution in [0.5, 0.6) is 0 Å². The van der Waals surface area contributed by atoms with Crippen LogP contribution in [0.15, 0.2) is 22.8 Å². The molecule has 0 spiro atoms. The van der Waals surface area contributed by atoms with Gasteiger partial charge in [0.2, 0.25) is 5.91 Å². The Labute approximate surface area is 80.7 Å². The molecular formula is C10H9NO3. The van der Waals surface area contributed by atoms with Gasteiger partial charge in [0, 0.05) is 17.6 Å². The highest BCUT2D eigenvalue weighted by Gasteiger charge is 2.31. The van der Waals surface area contributed by atoms with E-state index in [1.807, 2.05) is 0 Å². The van der Waals surface area contributed by atoms with E-state index in [4.69, 9.17) is 0 Å². The lowest BCUT2D eigenvalue weighted by Gasteiger charge is -2.22. The summed E-state index contributed by atoms with van der Waals surface area (Å²) in [6, 6.07) is 0. The molecule has 1 N–H and O–H groups in total. The van der Waals surface area contributed by atoms with Crippen LogP contribution in [0, 0.1) is 0 Å². The number of Topliss-reactive ketones (excluding diaryl/α,β-unsaturated/α-hetero) is 1. The molecule has 0 aromatic heterocycles. The van der Waals surface area contributed by atoms with Crippen LogP contribution in [0.2, 0.25) is 0 Å². The lowest BCUT2D eigenvalue weighted by molar-refractivity contribution is -0.130. The van der Waals surface area contributed by atoms with E-state index in [2.05, 4.69) is 5.32 Å². The van der Waals surface area contributed by atoms with E-state index >= 15 is 0 Å². The minimum Gasteiger partial charge on any atom is -0.294 e. The Bertz CT molecular complexity index is 415. The molecule has 2 rings (SSSR count). The molecule has 0 radical (unpaired) electrons. The van der Waals surface area contributed by atoms with Crippen molar-refractivity contribution in [1.82, 2.24) is 5.32 Å². The van der Waals surface area contributed by atoms with Crippen LogP contribution in [-0.4, -0.2) is 17.6 Å². The first kappa shape index (κ1) is 8.87. The molecule has 0 aromatic carbocycles. The van der Waals surface area contributed by atoms with Crippen molar-refractivity contribution < 1.29 is 14.4 Å². The zero-order chi connectivity index (χ0) is 10.3. The zero-order valence-electron chi connectivity index (χ0n) is 7.72. The lowest BCUT2D eigenvalue weighted by Crippen LogP contribution is -2.39. The molecule has 0 unspecified atom stereocenters. The molecule has 0 atom stereocenters. The average Bonchev–Trinajstić information content (AvgIpc) is 2.10. The van der Waals surface area contributed by atoms with Gasteiger partial charge in [-0.3, -0.25) is 19.7 Å². The average molecular weight is 191 g/mol. The molecule has 1 aliphatic carbocycles. The molecule has 4 heteroatoms. The van der Waals surface area contributed by atoms with E-state index in [-0.39, 0.29) is 12.2 Å². The summed E-state index contributed by atoms with van der Waals surface area (Å²) in [5.74, 6) is -0.955. The standard InChI is InChI=1S/C10H9NO3/c1-5-2-3-7(12)6-4-8(13)11-10(14)9(5)6/h2H,3-4H2,1H3,(H,11,13,14). The minimum atomic E-state index is -0.446. The van der Waals surface area contributed by atoms with Gasteiger partial charge >= 0.3 is 0 Å². The maximum Gasteiger partial charge on any atom is 0.258 e. The lowest BCUT2D eigenvalue weighted by atomic mass is 9.86. The first-order valence-corrected chi connectivity index (χ1v) is 4.37. The Balaban J connectivity index is 2.55. The number of amides is 2. The number of allylic oxidation sites excluding steroid dienone is 1. The SMILES string of the molecule is CC1=CCC(=O)C2=C1C(=O)NC(=O)C2. The van der Waals surface area contributed by atoms with Crippen molar-refractivity contribution in [2.45, 2.75) is 19.8 Å². The summed E-state index contributed by atoms with van der Waals surface area (Å²) in [6.45, 7) is 1.77. The second-order valence-electron chi connectivity index (χ2n) is 3.42. The molecule has 72 valence electrons. The Kier molecular flexibility index (Phi) is 1.84. The normalized spacial score (nSPS) is 21.8. The third-order valence-electron chi connectivity index (χ3n) is 2.44. The van der Waals surface area contributed by atoms with Gasteiger partial charge in [0.1, 0.15) is 0 Å². The molecule has 14 heavy (non-hydrogen) atoms. The molecule has 2 aliphatic rings. The van der Waals surface area contributed by atoms with Gasteiger partial charge in [0.05, 0.1) is 6.42 Å².